The van der Waals surface area contributed by atoms with Gasteiger partial charge in [0.05, 0.1) is 17.3 Å². The van der Waals surface area contributed by atoms with Gasteiger partial charge in [-0.15, -0.1) is 0 Å². The Morgan fingerprint density at radius 1 is 0.667 bits per heavy atom. The van der Waals surface area contributed by atoms with Gasteiger partial charge in [-0.25, -0.2) is 8.42 Å². The smallest absolute Gasteiger partial charge is 0.178 e. The molecule has 0 aromatic heterocycles. The van der Waals surface area contributed by atoms with Gasteiger partial charge in [0.15, 0.2) is 9.84 Å². The zero-order valence-electron chi connectivity index (χ0n) is 22.2. The molecule has 0 amide bonds. The molecule has 0 saturated heterocycles. The van der Waals surface area contributed by atoms with Crippen LogP contribution in [0.15, 0.2) is 53.4 Å². The predicted molar refractivity (Wildman–Crippen MR) is 152 cm³/mol. The molecule has 0 aliphatic rings. The van der Waals surface area contributed by atoms with E-state index in [0.717, 1.165) is 29.9 Å². The molecule has 0 heterocycles. The van der Waals surface area contributed by atoms with Crippen molar-refractivity contribution in [2.24, 2.45) is 0 Å². The van der Waals surface area contributed by atoms with Crippen molar-refractivity contribution in [1.82, 2.24) is 0 Å². The lowest BCUT2D eigenvalue weighted by Gasteiger charge is -2.07. The fraction of sp³-hybridized carbons (Fsp3) is 0.548. The Bertz CT molecular complexity index is 947. The Morgan fingerprint density at radius 3 is 1.64 bits per heavy atom. The van der Waals surface area contributed by atoms with Crippen molar-refractivity contribution >= 4 is 22.0 Å². The summed E-state index contributed by atoms with van der Waals surface area (Å²) in [6.45, 7) is 2.91. The second kappa shape index (κ2) is 18.2. The van der Waals surface area contributed by atoms with Crippen LogP contribution < -0.4 is 4.74 Å². The van der Waals surface area contributed by atoms with Crippen molar-refractivity contribution in [2.75, 3.05) is 19.0 Å². The van der Waals surface area contributed by atoms with Crippen LogP contribution in [0.1, 0.15) is 102 Å². The highest BCUT2D eigenvalue weighted by atomic mass is 32.2. The van der Waals surface area contributed by atoms with E-state index in [1.807, 2.05) is 36.4 Å². The van der Waals surface area contributed by atoms with Gasteiger partial charge >= 0.3 is 0 Å². The molecule has 0 radical (unpaired) electrons. The van der Waals surface area contributed by atoms with E-state index in [1.54, 1.807) is 24.3 Å². The number of aliphatic hydroxyl groups excluding tert-OH is 1. The molecule has 200 valence electrons. The van der Waals surface area contributed by atoms with E-state index >= 15 is 0 Å². The number of hydrogen-bond acceptors (Lipinski definition) is 4. The summed E-state index contributed by atoms with van der Waals surface area (Å²) in [6, 6.07) is 14.9. The summed E-state index contributed by atoms with van der Waals surface area (Å²) in [5.41, 5.74) is 2.00. The van der Waals surface area contributed by atoms with Crippen LogP contribution in [0.2, 0.25) is 0 Å². The topological polar surface area (TPSA) is 63.6 Å². The number of rotatable bonds is 20. The minimum absolute atomic E-state index is 0.0353. The second-order valence-electron chi connectivity index (χ2n) is 9.60. The highest BCUT2D eigenvalue weighted by molar-refractivity contribution is 7.91. The van der Waals surface area contributed by atoms with Crippen LogP contribution in [0.25, 0.3) is 12.2 Å². The third kappa shape index (κ3) is 12.7. The van der Waals surface area contributed by atoms with Gasteiger partial charge in [-0.05, 0) is 48.2 Å². The van der Waals surface area contributed by atoms with Crippen LogP contribution in [-0.4, -0.2) is 32.5 Å². The van der Waals surface area contributed by atoms with E-state index in [2.05, 4.69) is 6.92 Å². The van der Waals surface area contributed by atoms with Gasteiger partial charge in [-0.1, -0.05) is 114 Å². The van der Waals surface area contributed by atoms with Crippen molar-refractivity contribution in [1.29, 1.82) is 0 Å². The Hall–Kier alpha value is -2.11. The van der Waals surface area contributed by atoms with E-state index in [1.165, 1.54) is 70.6 Å². The standard InChI is InChI=1S/C31H46O4S/c1-2-3-4-5-6-7-8-9-10-11-12-13-26-35-30-21-17-28(18-22-30)15-16-29-19-23-31(24-20-29)36(33,34)27-14-25-32/h15-24,32H,2-14,25-27H2,1H3. The molecule has 2 aromatic rings. The normalized spacial score (nSPS) is 11.8. The summed E-state index contributed by atoms with van der Waals surface area (Å²) in [4.78, 5) is 0.294. The van der Waals surface area contributed by atoms with Crippen molar-refractivity contribution in [3.8, 4) is 5.75 Å². The molecule has 0 spiro atoms. The van der Waals surface area contributed by atoms with Gasteiger partial charge in [0.2, 0.25) is 0 Å². The Kier molecular flexibility index (Phi) is 15.2. The van der Waals surface area contributed by atoms with Gasteiger partial charge in [-0.2, -0.15) is 0 Å². The van der Waals surface area contributed by atoms with Gasteiger partial charge in [0, 0.05) is 6.61 Å². The molecule has 0 aliphatic carbocycles. The molecule has 2 rings (SSSR count). The zero-order chi connectivity index (χ0) is 25.9. The molecular weight excluding hydrogens is 468 g/mol. The first-order chi connectivity index (χ1) is 17.5. The van der Waals surface area contributed by atoms with Gasteiger partial charge in [-0.3, -0.25) is 0 Å². The molecule has 0 saturated carbocycles. The number of ether oxygens (including phenoxy) is 1. The van der Waals surface area contributed by atoms with Crippen LogP contribution in [0, 0.1) is 0 Å². The average Bonchev–Trinajstić information content (AvgIpc) is 2.90. The lowest BCUT2D eigenvalue weighted by atomic mass is 10.1. The zero-order valence-corrected chi connectivity index (χ0v) is 23.0. The fourth-order valence-electron chi connectivity index (χ4n) is 4.16. The minimum atomic E-state index is -3.33. The summed E-state index contributed by atoms with van der Waals surface area (Å²) in [6.07, 6.45) is 20.3. The first kappa shape index (κ1) is 30.1. The second-order valence-corrected chi connectivity index (χ2v) is 11.7. The van der Waals surface area contributed by atoms with Crippen LogP contribution in [0.4, 0.5) is 0 Å². The first-order valence-corrected chi connectivity index (χ1v) is 15.5. The number of sulfone groups is 1. The predicted octanol–water partition coefficient (Wildman–Crippen LogP) is 8.09. The monoisotopic (exact) mass is 514 g/mol. The maximum absolute atomic E-state index is 12.2. The van der Waals surface area contributed by atoms with Gasteiger partial charge in [0.25, 0.3) is 0 Å². The number of hydrogen-bond donors (Lipinski definition) is 1. The van der Waals surface area contributed by atoms with Crippen molar-refractivity contribution in [3.05, 3.63) is 59.7 Å². The van der Waals surface area contributed by atoms with Crippen molar-refractivity contribution in [3.63, 3.8) is 0 Å². The number of unbranched alkanes of at least 4 members (excludes halogenated alkanes) is 11. The van der Waals surface area contributed by atoms with Crippen LogP contribution in [0.5, 0.6) is 5.75 Å². The highest BCUT2D eigenvalue weighted by Gasteiger charge is 2.13. The molecule has 0 aliphatic heterocycles. The maximum atomic E-state index is 12.2. The number of benzene rings is 2. The molecular formula is C31H46O4S. The summed E-state index contributed by atoms with van der Waals surface area (Å²) >= 11 is 0. The number of aliphatic hydroxyl groups is 1. The van der Waals surface area contributed by atoms with Crippen LogP contribution in [0.3, 0.4) is 0 Å². The Labute approximate surface area is 219 Å². The van der Waals surface area contributed by atoms with E-state index in [9.17, 15) is 8.42 Å². The van der Waals surface area contributed by atoms with Gasteiger partial charge in [0.1, 0.15) is 5.75 Å². The summed E-state index contributed by atoms with van der Waals surface area (Å²) in [5, 5.41) is 8.86. The molecule has 36 heavy (non-hydrogen) atoms. The average molecular weight is 515 g/mol. The van der Waals surface area contributed by atoms with E-state index in [4.69, 9.17) is 9.84 Å². The molecule has 1 N–H and O–H groups in total. The summed E-state index contributed by atoms with van der Waals surface area (Å²) in [5.74, 6) is 0.861. The van der Waals surface area contributed by atoms with E-state index < -0.39 is 9.84 Å². The third-order valence-corrected chi connectivity index (χ3v) is 8.24. The largest absolute Gasteiger partial charge is 0.494 e. The highest BCUT2D eigenvalue weighted by Crippen LogP contribution is 2.18. The molecule has 2 aromatic carbocycles. The minimum Gasteiger partial charge on any atom is -0.494 e. The molecule has 0 bridgehead atoms. The Morgan fingerprint density at radius 2 is 1.14 bits per heavy atom. The summed E-state index contributed by atoms with van der Waals surface area (Å²) in [7, 11) is -3.33. The molecule has 0 fully saturated rings. The fourth-order valence-corrected chi connectivity index (χ4v) is 5.45. The molecule has 5 heteroatoms. The van der Waals surface area contributed by atoms with Crippen molar-refractivity contribution < 1.29 is 18.3 Å². The van der Waals surface area contributed by atoms with E-state index in [0.29, 0.717) is 4.90 Å². The first-order valence-electron chi connectivity index (χ1n) is 13.9. The lowest BCUT2D eigenvalue weighted by Crippen LogP contribution is -2.08. The van der Waals surface area contributed by atoms with Crippen molar-refractivity contribution in [2.45, 2.75) is 95.3 Å². The third-order valence-electron chi connectivity index (χ3n) is 6.43. The van der Waals surface area contributed by atoms with Crippen LogP contribution in [-0.2, 0) is 9.84 Å². The lowest BCUT2D eigenvalue weighted by molar-refractivity contribution is 0.295. The van der Waals surface area contributed by atoms with E-state index in [-0.39, 0.29) is 18.8 Å². The maximum Gasteiger partial charge on any atom is 0.178 e. The summed E-state index contributed by atoms with van der Waals surface area (Å²) < 4.78 is 30.3. The molecule has 4 nitrogen and oxygen atoms in total. The van der Waals surface area contributed by atoms with Gasteiger partial charge < -0.3 is 9.84 Å². The molecule has 0 atom stereocenters. The molecule has 0 unspecified atom stereocenters. The quantitative estimate of drug-likeness (QED) is 0.143. The van der Waals surface area contributed by atoms with Crippen LogP contribution >= 0.6 is 0 Å². The SMILES string of the molecule is CCCCCCCCCCCCCCOc1ccc(C=Cc2ccc(S(=O)(=O)CCCO)cc2)cc1. The Balaban J connectivity index is 1.59.